The van der Waals surface area contributed by atoms with Gasteiger partial charge in [-0.15, -0.1) is 11.3 Å². The number of carbonyl (C=O) groups excluding carboxylic acids is 2. The average Bonchev–Trinajstić information content (AvgIpc) is 3.12. The second kappa shape index (κ2) is 7.32. The molecule has 2 aromatic carbocycles. The number of fused-ring (bicyclic) bond motifs is 1. The van der Waals surface area contributed by atoms with Crippen LogP contribution in [0.25, 0.3) is 20.8 Å². The van der Waals surface area contributed by atoms with Crippen molar-refractivity contribution in [1.29, 1.82) is 0 Å². The van der Waals surface area contributed by atoms with Crippen LogP contribution < -0.4 is 10.4 Å². The first-order valence-corrected chi connectivity index (χ1v) is 9.56. The van der Waals surface area contributed by atoms with Crippen LogP contribution in [-0.2, 0) is 9.59 Å². The van der Waals surface area contributed by atoms with Crippen molar-refractivity contribution in [3.63, 3.8) is 0 Å². The van der Waals surface area contributed by atoms with Crippen LogP contribution in [0.3, 0.4) is 0 Å². The lowest BCUT2D eigenvalue weighted by Crippen LogP contribution is -2.41. The molecule has 2 atom stereocenters. The summed E-state index contributed by atoms with van der Waals surface area (Å²) < 4.78 is 1.13. The highest BCUT2D eigenvalue weighted by Gasteiger charge is 2.29. The van der Waals surface area contributed by atoms with E-state index < -0.39 is 17.8 Å². The Morgan fingerprint density at radius 3 is 2.41 bits per heavy atom. The molecule has 0 fully saturated rings. The van der Waals surface area contributed by atoms with Crippen molar-refractivity contribution < 1.29 is 14.7 Å². The molecule has 0 aliphatic heterocycles. The number of hydrogen-bond donors (Lipinski definition) is 1. The minimum absolute atomic E-state index is 0.290. The Kier molecular flexibility index (Phi) is 4.73. The van der Waals surface area contributed by atoms with Gasteiger partial charge in [0, 0.05) is 23.1 Å². The third kappa shape index (κ3) is 3.61. The van der Waals surface area contributed by atoms with E-state index in [0.717, 1.165) is 20.8 Å². The molecule has 0 saturated heterocycles. The van der Waals surface area contributed by atoms with Gasteiger partial charge in [-0.2, -0.15) is 0 Å². The maximum Gasteiger partial charge on any atom is 0.228 e. The fourth-order valence-corrected chi connectivity index (χ4v) is 4.26. The summed E-state index contributed by atoms with van der Waals surface area (Å²) in [4.78, 5) is 28.4. The van der Waals surface area contributed by atoms with E-state index >= 15 is 0 Å². The first-order chi connectivity index (χ1) is 13.1. The lowest BCUT2D eigenvalue weighted by molar-refractivity contribution is -0.313. The lowest BCUT2D eigenvalue weighted by Gasteiger charge is -2.28. The van der Waals surface area contributed by atoms with Gasteiger partial charge in [-0.05, 0) is 49.2 Å². The highest BCUT2D eigenvalue weighted by atomic mass is 32.1. The molecule has 4 rings (SSSR count). The van der Waals surface area contributed by atoms with Crippen LogP contribution >= 0.6 is 11.3 Å². The number of amides is 1. The van der Waals surface area contributed by atoms with E-state index in [2.05, 4.69) is 10.3 Å². The van der Waals surface area contributed by atoms with Crippen molar-refractivity contribution in [2.24, 2.45) is 11.8 Å². The van der Waals surface area contributed by atoms with Crippen LogP contribution in [-0.4, -0.2) is 16.9 Å². The van der Waals surface area contributed by atoms with E-state index in [9.17, 15) is 14.7 Å². The third-order valence-electron chi connectivity index (χ3n) is 4.77. The normalized spacial score (nSPS) is 19.1. The number of carbonyl (C=O) groups is 2. The Bertz CT molecular complexity index is 990. The summed E-state index contributed by atoms with van der Waals surface area (Å²) in [5.74, 6) is -2.85. The SMILES string of the molecule is O=C(Nc1ccc(-c2nc3ccccc3s2)cc1)[C@H]1CC=CC[C@H]1C(=O)[O-]. The molecule has 5 nitrogen and oxygen atoms in total. The molecule has 1 aromatic heterocycles. The predicted molar refractivity (Wildman–Crippen MR) is 104 cm³/mol. The number of nitrogens with one attached hydrogen (secondary N) is 1. The molecule has 136 valence electrons. The number of benzene rings is 2. The van der Waals surface area contributed by atoms with E-state index in [1.54, 1.807) is 17.4 Å². The number of carboxylic acids is 1. The van der Waals surface area contributed by atoms with E-state index in [1.165, 1.54) is 0 Å². The van der Waals surface area contributed by atoms with Gasteiger partial charge < -0.3 is 15.2 Å². The standard InChI is InChI=1S/C21H18N2O3S/c24-19(15-5-1-2-6-16(15)21(25)26)22-14-11-9-13(10-12-14)20-23-17-7-3-4-8-18(17)27-20/h1-4,7-12,15-16H,5-6H2,(H,22,24)(H,25,26)/p-1/t15-,16+/m0/s1. The van der Waals surface area contributed by atoms with Crippen LogP contribution in [0.4, 0.5) is 5.69 Å². The number of para-hydroxylation sites is 1. The third-order valence-corrected chi connectivity index (χ3v) is 5.85. The molecule has 0 spiro atoms. The first kappa shape index (κ1) is 17.4. The summed E-state index contributed by atoms with van der Waals surface area (Å²) in [6.07, 6.45) is 4.38. The van der Waals surface area contributed by atoms with Crippen molar-refractivity contribution >= 4 is 39.1 Å². The molecule has 0 radical (unpaired) electrons. The Morgan fingerprint density at radius 1 is 1.00 bits per heavy atom. The molecule has 1 aliphatic rings. The summed E-state index contributed by atoms with van der Waals surface area (Å²) in [5, 5.41) is 15.0. The largest absolute Gasteiger partial charge is 0.550 e. The van der Waals surface area contributed by atoms with Crippen molar-refractivity contribution in [3.8, 4) is 10.6 Å². The molecule has 0 unspecified atom stereocenters. The summed E-state index contributed by atoms with van der Waals surface area (Å²) in [7, 11) is 0. The number of anilines is 1. The second-order valence-corrected chi connectivity index (χ2v) is 7.56. The maximum absolute atomic E-state index is 12.5. The number of hydrogen-bond acceptors (Lipinski definition) is 5. The molecule has 1 heterocycles. The fraction of sp³-hybridized carbons (Fsp3) is 0.190. The molecular formula is C21H17N2O3S-. The smallest absolute Gasteiger partial charge is 0.228 e. The minimum atomic E-state index is -1.18. The summed E-state index contributed by atoms with van der Waals surface area (Å²) in [6, 6.07) is 15.4. The highest BCUT2D eigenvalue weighted by Crippen LogP contribution is 2.31. The van der Waals surface area contributed by atoms with Crippen LogP contribution in [0.1, 0.15) is 12.8 Å². The Balaban J connectivity index is 1.49. The summed E-state index contributed by atoms with van der Waals surface area (Å²) >= 11 is 1.62. The zero-order valence-corrected chi connectivity index (χ0v) is 15.2. The van der Waals surface area contributed by atoms with Gasteiger partial charge in [0.25, 0.3) is 0 Å². The fourth-order valence-electron chi connectivity index (χ4n) is 3.29. The quantitative estimate of drug-likeness (QED) is 0.708. The van der Waals surface area contributed by atoms with E-state index in [1.807, 2.05) is 54.6 Å². The van der Waals surface area contributed by atoms with E-state index in [0.29, 0.717) is 18.5 Å². The van der Waals surface area contributed by atoms with Crippen molar-refractivity contribution in [2.75, 3.05) is 5.32 Å². The number of rotatable bonds is 4. The molecule has 0 saturated carbocycles. The number of allylic oxidation sites excluding steroid dienone is 2. The van der Waals surface area contributed by atoms with Gasteiger partial charge >= 0.3 is 0 Å². The van der Waals surface area contributed by atoms with Gasteiger partial charge in [0.1, 0.15) is 5.01 Å². The van der Waals surface area contributed by atoms with Crippen molar-refractivity contribution in [1.82, 2.24) is 4.98 Å². The monoisotopic (exact) mass is 377 g/mol. The van der Waals surface area contributed by atoms with Gasteiger partial charge in [-0.1, -0.05) is 24.3 Å². The molecule has 1 aliphatic carbocycles. The molecule has 0 bridgehead atoms. The van der Waals surface area contributed by atoms with E-state index in [4.69, 9.17) is 0 Å². The van der Waals surface area contributed by atoms with Gasteiger partial charge in [0.15, 0.2) is 0 Å². The Morgan fingerprint density at radius 2 is 1.70 bits per heavy atom. The Hall–Kier alpha value is -2.99. The number of aromatic nitrogens is 1. The van der Waals surface area contributed by atoms with E-state index in [-0.39, 0.29) is 5.91 Å². The molecule has 6 heteroatoms. The lowest BCUT2D eigenvalue weighted by atomic mass is 9.82. The number of aliphatic carboxylic acids is 1. The highest BCUT2D eigenvalue weighted by molar-refractivity contribution is 7.21. The summed E-state index contributed by atoms with van der Waals surface area (Å²) in [5.41, 5.74) is 2.58. The van der Waals surface area contributed by atoms with Crippen LogP contribution in [0.5, 0.6) is 0 Å². The van der Waals surface area contributed by atoms with Gasteiger partial charge in [-0.3, -0.25) is 4.79 Å². The first-order valence-electron chi connectivity index (χ1n) is 8.74. The van der Waals surface area contributed by atoms with Crippen LogP contribution in [0, 0.1) is 11.8 Å². The number of carboxylic acid groups (broad SMARTS) is 1. The Labute approximate surface area is 160 Å². The van der Waals surface area contributed by atoms with Gasteiger partial charge in [0.05, 0.1) is 16.1 Å². The second-order valence-electron chi connectivity index (χ2n) is 6.53. The maximum atomic E-state index is 12.5. The summed E-state index contributed by atoms with van der Waals surface area (Å²) in [6.45, 7) is 0. The van der Waals surface area contributed by atoms with Gasteiger partial charge in [-0.25, -0.2) is 4.98 Å². The number of thiazole rings is 1. The molecule has 1 amide bonds. The van der Waals surface area contributed by atoms with Gasteiger partial charge in [0.2, 0.25) is 5.91 Å². The molecule has 3 aromatic rings. The van der Waals surface area contributed by atoms with Crippen molar-refractivity contribution in [3.05, 3.63) is 60.7 Å². The van der Waals surface area contributed by atoms with Crippen LogP contribution in [0.2, 0.25) is 0 Å². The molecule has 1 N–H and O–H groups in total. The predicted octanol–water partition coefficient (Wildman–Crippen LogP) is 3.23. The van der Waals surface area contributed by atoms with Crippen molar-refractivity contribution in [2.45, 2.75) is 12.8 Å². The zero-order valence-electron chi connectivity index (χ0n) is 14.4. The number of nitrogens with zero attached hydrogens (tertiary/aromatic N) is 1. The topological polar surface area (TPSA) is 82.1 Å². The van der Waals surface area contributed by atoms with Crippen LogP contribution in [0.15, 0.2) is 60.7 Å². The minimum Gasteiger partial charge on any atom is -0.550 e. The zero-order chi connectivity index (χ0) is 18.8. The molecule has 27 heavy (non-hydrogen) atoms. The average molecular weight is 377 g/mol. The molecular weight excluding hydrogens is 360 g/mol.